The van der Waals surface area contributed by atoms with Crippen LogP contribution in [0.5, 0.6) is 11.5 Å². The highest BCUT2D eigenvalue weighted by Gasteiger charge is 2.16. The highest BCUT2D eigenvalue weighted by Crippen LogP contribution is 2.23. The summed E-state index contributed by atoms with van der Waals surface area (Å²) in [6.45, 7) is 1.83. The summed E-state index contributed by atoms with van der Waals surface area (Å²) in [5.74, 6) is 0.0505. The van der Waals surface area contributed by atoms with Crippen molar-refractivity contribution in [2.45, 2.75) is 13.0 Å². The Morgan fingerprint density at radius 1 is 1.35 bits per heavy atom. The Hall–Kier alpha value is -2.56. The van der Waals surface area contributed by atoms with Gasteiger partial charge in [0.1, 0.15) is 11.5 Å². The standard InChI is InChI=1S/C15H16N2O3/c1-10(13-5-3-4-8-16-13)17-15(19)12-9-11(20-2)6-7-14(12)18/h3-10,18H,1-2H3,(H,17,19). The maximum Gasteiger partial charge on any atom is 0.255 e. The smallest absolute Gasteiger partial charge is 0.255 e. The lowest BCUT2D eigenvalue weighted by atomic mass is 10.1. The number of benzene rings is 1. The molecule has 0 aliphatic heterocycles. The summed E-state index contributed by atoms with van der Waals surface area (Å²) in [6, 6.07) is 9.76. The normalized spacial score (nSPS) is 11.7. The predicted molar refractivity (Wildman–Crippen MR) is 74.8 cm³/mol. The second-order valence-corrected chi connectivity index (χ2v) is 4.33. The number of phenolic OH excluding ortho intramolecular Hbond substituents is 1. The molecule has 0 saturated carbocycles. The van der Waals surface area contributed by atoms with E-state index in [1.165, 1.54) is 19.2 Å². The summed E-state index contributed by atoms with van der Waals surface area (Å²) in [5.41, 5.74) is 0.926. The lowest BCUT2D eigenvalue weighted by molar-refractivity contribution is 0.0936. The molecule has 104 valence electrons. The number of nitrogens with one attached hydrogen (secondary N) is 1. The number of amides is 1. The van der Waals surface area contributed by atoms with Crippen molar-refractivity contribution >= 4 is 5.91 Å². The summed E-state index contributed by atoms with van der Waals surface area (Å²) < 4.78 is 5.05. The van der Waals surface area contributed by atoms with Crippen LogP contribution in [0, 0.1) is 0 Å². The molecular weight excluding hydrogens is 256 g/mol. The molecule has 0 radical (unpaired) electrons. The number of hydrogen-bond acceptors (Lipinski definition) is 4. The average Bonchev–Trinajstić information content (AvgIpc) is 2.48. The minimum atomic E-state index is -0.375. The van der Waals surface area contributed by atoms with Crippen LogP contribution in [0.4, 0.5) is 0 Å². The van der Waals surface area contributed by atoms with Gasteiger partial charge in [-0.3, -0.25) is 9.78 Å². The number of carbonyl (C=O) groups is 1. The second-order valence-electron chi connectivity index (χ2n) is 4.33. The molecule has 1 aromatic heterocycles. The van der Waals surface area contributed by atoms with Crippen LogP contribution < -0.4 is 10.1 Å². The number of hydrogen-bond donors (Lipinski definition) is 2. The molecule has 5 heteroatoms. The zero-order valence-corrected chi connectivity index (χ0v) is 11.3. The van der Waals surface area contributed by atoms with Crippen molar-refractivity contribution in [3.8, 4) is 11.5 Å². The van der Waals surface area contributed by atoms with E-state index in [1.54, 1.807) is 12.3 Å². The van der Waals surface area contributed by atoms with Crippen LogP contribution in [0.2, 0.25) is 0 Å². The van der Waals surface area contributed by atoms with E-state index in [-0.39, 0.29) is 23.3 Å². The van der Waals surface area contributed by atoms with Gasteiger partial charge in [0.2, 0.25) is 0 Å². The zero-order chi connectivity index (χ0) is 14.5. The molecule has 1 atom stereocenters. The highest BCUT2D eigenvalue weighted by atomic mass is 16.5. The van der Waals surface area contributed by atoms with Gasteiger partial charge in [0.25, 0.3) is 5.91 Å². The van der Waals surface area contributed by atoms with E-state index in [2.05, 4.69) is 10.3 Å². The molecule has 0 spiro atoms. The molecule has 1 unspecified atom stereocenters. The topological polar surface area (TPSA) is 71.5 Å². The highest BCUT2D eigenvalue weighted by molar-refractivity contribution is 5.97. The molecule has 0 aliphatic carbocycles. The Morgan fingerprint density at radius 3 is 2.80 bits per heavy atom. The molecule has 2 aromatic rings. The third-order valence-electron chi connectivity index (χ3n) is 2.93. The van der Waals surface area contributed by atoms with Crippen LogP contribution >= 0.6 is 0 Å². The van der Waals surface area contributed by atoms with Gasteiger partial charge in [0, 0.05) is 6.20 Å². The zero-order valence-electron chi connectivity index (χ0n) is 11.3. The fraction of sp³-hybridized carbons (Fsp3) is 0.200. The van der Waals surface area contributed by atoms with Crippen LogP contribution in [0.15, 0.2) is 42.6 Å². The number of phenols is 1. The van der Waals surface area contributed by atoms with Gasteiger partial charge in [-0.25, -0.2) is 0 Å². The monoisotopic (exact) mass is 272 g/mol. The van der Waals surface area contributed by atoms with Gasteiger partial charge in [-0.05, 0) is 37.3 Å². The summed E-state index contributed by atoms with van der Waals surface area (Å²) in [5, 5.41) is 12.5. The second kappa shape index (κ2) is 6.06. The van der Waals surface area contributed by atoms with E-state index in [0.717, 1.165) is 5.69 Å². The summed E-state index contributed by atoms with van der Waals surface area (Å²) in [7, 11) is 1.50. The van der Waals surface area contributed by atoms with E-state index in [4.69, 9.17) is 4.74 Å². The van der Waals surface area contributed by atoms with E-state index in [9.17, 15) is 9.90 Å². The Morgan fingerprint density at radius 2 is 2.15 bits per heavy atom. The van der Waals surface area contributed by atoms with Gasteiger partial charge >= 0.3 is 0 Å². The minimum absolute atomic E-state index is 0.0866. The maximum absolute atomic E-state index is 12.2. The Kier molecular flexibility index (Phi) is 4.20. The van der Waals surface area contributed by atoms with Gasteiger partial charge in [-0.1, -0.05) is 6.07 Å². The molecular formula is C15H16N2O3. The lowest BCUT2D eigenvalue weighted by Gasteiger charge is -2.14. The third kappa shape index (κ3) is 3.06. The van der Waals surface area contributed by atoms with E-state index >= 15 is 0 Å². The third-order valence-corrected chi connectivity index (χ3v) is 2.93. The quantitative estimate of drug-likeness (QED) is 0.895. The molecule has 5 nitrogen and oxygen atoms in total. The van der Waals surface area contributed by atoms with Crippen LogP contribution in [0.3, 0.4) is 0 Å². The summed E-state index contributed by atoms with van der Waals surface area (Å²) >= 11 is 0. The molecule has 1 heterocycles. The van der Waals surface area contributed by atoms with Crippen LogP contribution in [0.1, 0.15) is 29.0 Å². The number of methoxy groups -OCH3 is 1. The van der Waals surface area contributed by atoms with E-state index in [0.29, 0.717) is 5.75 Å². The molecule has 1 amide bonds. The molecule has 0 fully saturated rings. The van der Waals surface area contributed by atoms with E-state index < -0.39 is 0 Å². The number of carbonyl (C=O) groups excluding carboxylic acids is 1. The Balaban J connectivity index is 2.16. The van der Waals surface area contributed by atoms with Crippen molar-refractivity contribution in [2.75, 3.05) is 7.11 Å². The largest absolute Gasteiger partial charge is 0.507 e. The number of pyridine rings is 1. The molecule has 2 N–H and O–H groups in total. The first-order chi connectivity index (χ1) is 9.61. The molecule has 1 aromatic carbocycles. The van der Waals surface area contributed by atoms with Gasteiger partial charge < -0.3 is 15.2 Å². The lowest BCUT2D eigenvalue weighted by Crippen LogP contribution is -2.27. The molecule has 0 aliphatic rings. The SMILES string of the molecule is COc1ccc(O)c(C(=O)NC(C)c2ccccn2)c1. The number of aromatic nitrogens is 1. The molecule has 0 bridgehead atoms. The fourth-order valence-electron chi connectivity index (χ4n) is 1.80. The van der Waals surface area contributed by atoms with Crippen molar-refractivity contribution in [1.29, 1.82) is 0 Å². The first-order valence-corrected chi connectivity index (χ1v) is 6.20. The summed E-state index contributed by atoms with van der Waals surface area (Å²) in [4.78, 5) is 16.3. The van der Waals surface area contributed by atoms with Gasteiger partial charge in [-0.15, -0.1) is 0 Å². The summed E-state index contributed by atoms with van der Waals surface area (Å²) in [6.07, 6.45) is 1.67. The first kappa shape index (κ1) is 13.9. The Labute approximate surface area is 117 Å². The fourth-order valence-corrected chi connectivity index (χ4v) is 1.80. The van der Waals surface area contributed by atoms with Crippen LogP contribution in [0.25, 0.3) is 0 Å². The van der Waals surface area contributed by atoms with Gasteiger partial charge in [0.15, 0.2) is 0 Å². The van der Waals surface area contributed by atoms with Crippen molar-refractivity contribution < 1.29 is 14.6 Å². The number of ether oxygens (including phenoxy) is 1. The maximum atomic E-state index is 12.2. The van der Waals surface area contributed by atoms with Gasteiger partial charge in [0.05, 0.1) is 24.4 Å². The van der Waals surface area contributed by atoms with E-state index in [1.807, 2.05) is 25.1 Å². The van der Waals surface area contributed by atoms with Crippen molar-refractivity contribution in [2.24, 2.45) is 0 Å². The van der Waals surface area contributed by atoms with Crippen molar-refractivity contribution in [1.82, 2.24) is 10.3 Å². The Bertz CT molecular complexity index is 599. The van der Waals surface area contributed by atoms with Crippen molar-refractivity contribution in [3.05, 3.63) is 53.9 Å². The minimum Gasteiger partial charge on any atom is -0.507 e. The number of rotatable bonds is 4. The van der Waals surface area contributed by atoms with Crippen LogP contribution in [-0.2, 0) is 0 Å². The van der Waals surface area contributed by atoms with Crippen LogP contribution in [-0.4, -0.2) is 23.1 Å². The molecule has 2 rings (SSSR count). The van der Waals surface area contributed by atoms with Gasteiger partial charge in [-0.2, -0.15) is 0 Å². The average molecular weight is 272 g/mol. The molecule has 20 heavy (non-hydrogen) atoms. The van der Waals surface area contributed by atoms with Crippen molar-refractivity contribution in [3.63, 3.8) is 0 Å². The molecule has 0 saturated heterocycles. The predicted octanol–water partition coefficient (Wildman–Crippen LogP) is 2.29. The number of nitrogens with zero attached hydrogens (tertiary/aromatic N) is 1. The first-order valence-electron chi connectivity index (χ1n) is 6.20. The number of aromatic hydroxyl groups is 1.